The molecule has 9 nitrogen and oxygen atoms in total. The lowest BCUT2D eigenvalue weighted by Crippen LogP contribution is -2.31. The first-order valence-electron chi connectivity index (χ1n) is 11.1. The first-order chi connectivity index (χ1) is 17.2. The molecule has 178 valence electrons. The Morgan fingerprint density at radius 2 is 2.03 bits per heavy atom. The number of methoxy groups -OCH3 is 1. The minimum absolute atomic E-state index is 0.156. The number of benzene rings is 1. The predicted molar refractivity (Wildman–Crippen MR) is 133 cm³/mol. The van der Waals surface area contributed by atoms with E-state index < -0.39 is 0 Å². The second-order valence-electron chi connectivity index (χ2n) is 7.85. The Hall–Kier alpha value is -4.11. The van der Waals surface area contributed by atoms with Gasteiger partial charge in [0.2, 0.25) is 0 Å². The topological polar surface area (TPSA) is 114 Å². The van der Waals surface area contributed by atoms with E-state index in [4.69, 9.17) is 21.1 Å². The van der Waals surface area contributed by atoms with Crippen LogP contribution in [-0.2, 0) is 12.8 Å². The Bertz CT molecular complexity index is 1360. The van der Waals surface area contributed by atoms with E-state index in [-0.39, 0.29) is 5.91 Å². The summed E-state index contributed by atoms with van der Waals surface area (Å²) in [5, 5.41) is 6.77. The average Bonchev–Trinajstić information content (AvgIpc) is 3.24. The van der Waals surface area contributed by atoms with Gasteiger partial charge in [-0.1, -0.05) is 17.7 Å². The fourth-order valence-corrected chi connectivity index (χ4v) is 4.33. The number of aromatic amines is 1. The Kier molecular flexibility index (Phi) is 6.49. The second kappa shape index (κ2) is 10.0. The van der Waals surface area contributed by atoms with Gasteiger partial charge in [0.25, 0.3) is 5.91 Å². The van der Waals surface area contributed by atoms with E-state index in [0.717, 1.165) is 17.0 Å². The number of H-pyrrole nitrogens is 1. The number of carbonyl (C=O) groups is 1. The number of fused-ring (bicyclic) bond motifs is 1. The van der Waals surface area contributed by atoms with Crippen molar-refractivity contribution in [3.63, 3.8) is 0 Å². The number of nitrogens with one attached hydrogen (secondary N) is 3. The summed E-state index contributed by atoms with van der Waals surface area (Å²) in [4.78, 5) is 29.0. The Morgan fingerprint density at radius 1 is 1.14 bits per heavy atom. The zero-order valence-electron chi connectivity index (χ0n) is 19.0. The van der Waals surface area contributed by atoms with Crippen molar-refractivity contribution in [2.75, 3.05) is 25.6 Å². The number of pyridine rings is 1. The van der Waals surface area contributed by atoms with Gasteiger partial charge in [0.15, 0.2) is 5.75 Å². The molecule has 0 bridgehead atoms. The quantitative estimate of drug-likeness (QED) is 0.339. The van der Waals surface area contributed by atoms with E-state index in [2.05, 4.69) is 30.6 Å². The molecule has 1 aromatic carbocycles. The van der Waals surface area contributed by atoms with E-state index in [9.17, 15) is 4.79 Å². The van der Waals surface area contributed by atoms with Crippen LogP contribution in [0.4, 0.5) is 11.4 Å². The van der Waals surface area contributed by atoms with E-state index in [0.29, 0.717) is 65.1 Å². The maximum atomic E-state index is 12.9. The molecule has 1 aliphatic rings. The van der Waals surface area contributed by atoms with Gasteiger partial charge < -0.3 is 25.1 Å². The standard InChI is InChI=1S/C25H23ClN6O3/c1-34-24-17(26)3-2-4-19(24)32-23-21-18(6-9-30-25(21)33)31-22(23)16-5-8-27-14-20(16)35-12-7-15-13-28-10-11-29-15/h2-5,8,10-11,13-14,31-32H,6-7,9,12H2,1H3,(H,30,33). The van der Waals surface area contributed by atoms with Gasteiger partial charge in [-0.25, -0.2) is 0 Å². The molecule has 0 fully saturated rings. The van der Waals surface area contributed by atoms with Crippen LogP contribution in [0.25, 0.3) is 11.3 Å². The summed E-state index contributed by atoms with van der Waals surface area (Å²) in [6.45, 7) is 0.951. The lowest BCUT2D eigenvalue weighted by Gasteiger charge is -2.17. The normalized spacial score (nSPS) is 12.6. The SMILES string of the molecule is COc1c(Cl)cccc1Nc1c(-c2ccncc2OCCc2cnccn2)[nH]c2c1C(=O)NCC2. The van der Waals surface area contributed by atoms with Crippen molar-refractivity contribution in [2.45, 2.75) is 12.8 Å². The number of carbonyl (C=O) groups excluding carboxylic acids is 1. The molecular formula is C25H23ClN6O3. The molecule has 35 heavy (non-hydrogen) atoms. The van der Waals surface area contributed by atoms with Crippen LogP contribution < -0.4 is 20.1 Å². The molecule has 4 heterocycles. The number of hydrogen-bond acceptors (Lipinski definition) is 7. The number of halogens is 1. The number of amides is 1. The molecule has 0 saturated carbocycles. The zero-order valence-corrected chi connectivity index (χ0v) is 19.7. The van der Waals surface area contributed by atoms with Crippen molar-refractivity contribution < 1.29 is 14.3 Å². The summed E-state index contributed by atoms with van der Waals surface area (Å²) in [5.41, 5.74) is 4.96. The summed E-state index contributed by atoms with van der Waals surface area (Å²) >= 11 is 6.34. The van der Waals surface area contributed by atoms with Gasteiger partial charge in [0.05, 0.1) is 53.3 Å². The van der Waals surface area contributed by atoms with Crippen molar-refractivity contribution in [1.29, 1.82) is 0 Å². The van der Waals surface area contributed by atoms with Crippen LogP contribution in [0.2, 0.25) is 5.02 Å². The molecule has 0 spiro atoms. The molecule has 5 rings (SSSR count). The van der Waals surface area contributed by atoms with Crippen LogP contribution in [0.5, 0.6) is 11.5 Å². The highest BCUT2D eigenvalue weighted by Gasteiger charge is 2.28. The first-order valence-corrected chi connectivity index (χ1v) is 11.5. The lowest BCUT2D eigenvalue weighted by atomic mass is 10.0. The number of nitrogens with zero attached hydrogens (tertiary/aromatic N) is 3. The molecule has 1 aliphatic heterocycles. The lowest BCUT2D eigenvalue weighted by molar-refractivity contribution is 0.0947. The van der Waals surface area contributed by atoms with Crippen LogP contribution in [0.15, 0.2) is 55.2 Å². The summed E-state index contributed by atoms with van der Waals surface area (Å²) < 4.78 is 11.6. The largest absolute Gasteiger partial charge is 0.493 e. The number of rotatable bonds is 8. The molecule has 3 N–H and O–H groups in total. The number of anilines is 2. The molecule has 0 atom stereocenters. The van der Waals surface area contributed by atoms with Crippen LogP contribution in [0.3, 0.4) is 0 Å². The molecule has 0 radical (unpaired) electrons. The summed E-state index contributed by atoms with van der Waals surface area (Å²) in [5.74, 6) is 0.911. The van der Waals surface area contributed by atoms with Crippen LogP contribution in [-0.4, -0.2) is 46.1 Å². The van der Waals surface area contributed by atoms with Gasteiger partial charge in [-0.05, 0) is 18.2 Å². The van der Waals surface area contributed by atoms with Crippen molar-refractivity contribution >= 4 is 28.9 Å². The highest BCUT2D eigenvalue weighted by Crippen LogP contribution is 2.42. The zero-order chi connectivity index (χ0) is 24.2. The second-order valence-corrected chi connectivity index (χ2v) is 8.25. The molecule has 0 aliphatic carbocycles. The number of ether oxygens (including phenoxy) is 2. The highest BCUT2D eigenvalue weighted by atomic mass is 35.5. The van der Waals surface area contributed by atoms with Crippen molar-refractivity contribution in [1.82, 2.24) is 25.3 Å². The summed E-state index contributed by atoms with van der Waals surface area (Å²) in [6, 6.07) is 7.27. The van der Waals surface area contributed by atoms with Gasteiger partial charge in [0.1, 0.15) is 5.75 Å². The fourth-order valence-electron chi connectivity index (χ4n) is 4.08. The smallest absolute Gasteiger partial charge is 0.255 e. The molecule has 0 unspecified atom stereocenters. The van der Waals surface area contributed by atoms with Crippen molar-refractivity contribution in [3.8, 4) is 22.8 Å². The number of hydrogen-bond donors (Lipinski definition) is 3. The maximum Gasteiger partial charge on any atom is 0.255 e. The van der Waals surface area contributed by atoms with E-state index in [1.54, 1.807) is 44.2 Å². The molecule has 10 heteroatoms. The minimum atomic E-state index is -0.156. The van der Waals surface area contributed by atoms with E-state index >= 15 is 0 Å². The third-order valence-corrected chi connectivity index (χ3v) is 5.98. The third-order valence-electron chi connectivity index (χ3n) is 5.68. The predicted octanol–water partition coefficient (Wildman–Crippen LogP) is 4.18. The summed E-state index contributed by atoms with van der Waals surface area (Å²) in [6.07, 6.45) is 9.63. The van der Waals surface area contributed by atoms with E-state index in [1.165, 1.54) is 0 Å². The van der Waals surface area contributed by atoms with Gasteiger partial charge in [0, 0.05) is 55.4 Å². The van der Waals surface area contributed by atoms with Gasteiger partial charge in [-0.15, -0.1) is 0 Å². The third kappa shape index (κ3) is 4.63. The van der Waals surface area contributed by atoms with Gasteiger partial charge in [-0.3, -0.25) is 19.7 Å². The van der Waals surface area contributed by atoms with Crippen LogP contribution >= 0.6 is 11.6 Å². The van der Waals surface area contributed by atoms with Crippen molar-refractivity contribution in [2.24, 2.45) is 0 Å². The monoisotopic (exact) mass is 490 g/mol. The highest BCUT2D eigenvalue weighted by molar-refractivity contribution is 6.32. The molecule has 4 aromatic rings. The fraction of sp³-hybridized carbons (Fsp3) is 0.200. The summed E-state index contributed by atoms with van der Waals surface area (Å²) in [7, 11) is 1.55. The first kappa shape index (κ1) is 22.7. The Labute approximate surface area is 206 Å². The average molecular weight is 491 g/mol. The number of aromatic nitrogens is 4. The molecule has 3 aromatic heterocycles. The van der Waals surface area contributed by atoms with Gasteiger partial charge in [-0.2, -0.15) is 0 Å². The Balaban J connectivity index is 1.53. The maximum absolute atomic E-state index is 12.9. The Morgan fingerprint density at radius 3 is 2.86 bits per heavy atom. The van der Waals surface area contributed by atoms with Gasteiger partial charge >= 0.3 is 0 Å². The number of para-hydroxylation sites is 1. The molecular weight excluding hydrogens is 468 g/mol. The van der Waals surface area contributed by atoms with Crippen molar-refractivity contribution in [3.05, 3.63) is 77.2 Å². The van der Waals surface area contributed by atoms with E-state index in [1.807, 2.05) is 18.2 Å². The molecule has 0 saturated heterocycles. The minimum Gasteiger partial charge on any atom is -0.493 e. The van der Waals surface area contributed by atoms with Crippen LogP contribution in [0.1, 0.15) is 21.7 Å². The van der Waals surface area contributed by atoms with Crippen LogP contribution in [0, 0.1) is 0 Å². The molecule has 1 amide bonds.